The monoisotopic (exact) mass is 288 g/mol. The molecule has 0 heterocycles. The van der Waals surface area contributed by atoms with Gasteiger partial charge in [0.15, 0.2) is 0 Å². The smallest absolute Gasteiger partial charge is 0.122 e. The maximum absolute atomic E-state index is 9.17. The Morgan fingerprint density at radius 1 is 0.810 bits per heavy atom. The van der Waals surface area contributed by atoms with E-state index < -0.39 is 0 Å². The van der Waals surface area contributed by atoms with E-state index in [9.17, 15) is 5.11 Å². The molecule has 0 unspecified atom stereocenters. The molecule has 2 rings (SSSR count). The summed E-state index contributed by atoms with van der Waals surface area (Å²) >= 11 is 0. The normalized spacial score (nSPS) is 9.57. The topological polar surface area (TPSA) is 49.7 Å². The standard InChI is InChI=1S/C12H18O2.C6H6O/c1-2-3-4-5-9-14-12-8-6-7-11(13)10-12;7-6-4-2-1-3-5-6/h6-8,10,13H,2-5,9H2,1H3;1-5,7H. The Balaban J connectivity index is 0.000000262. The number of para-hydroxylation sites is 1. The van der Waals surface area contributed by atoms with E-state index in [4.69, 9.17) is 9.84 Å². The lowest BCUT2D eigenvalue weighted by Gasteiger charge is -2.05. The molecule has 0 aromatic heterocycles. The number of rotatable bonds is 6. The van der Waals surface area contributed by atoms with Crippen molar-refractivity contribution < 1.29 is 14.9 Å². The highest BCUT2D eigenvalue weighted by Crippen LogP contribution is 2.17. The van der Waals surface area contributed by atoms with Crippen molar-refractivity contribution in [2.75, 3.05) is 6.61 Å². The van der Waals surface area contributed by atoms with Gasteiger partial charge in [-0.3, -0.25) is 0 Å². The van der Waals surface area contributed by atoms with Crippen molar-refractivity contribution in [2.45, 2.75) is 32.6 Å². The molecule has 0 bridgehead atoms. The number of benzene rings is 2. The Kier molecular flexibility index (Phi) is 8.53. The molecule has 0 atom stereocenters. The lowest BCUT2D eigenvalue weighted by Crippen LogP contribution is -1.96. The van der Waals surface area contributed by atoms with Crippen molar-refractivity contribution in [3.05, 3.63) is 54.6 Å². The second-order valence-corrected chi connectivity index (χ2v) is 4.74. The molecule has 0 amide bonds. The first-order valence-electron chi connectivity index (χ1n) is 7.38. The van der Waals surface area contributed by atoms with Crippen molar-refractivity contribution in [2.24, 2.45) is 0 Å². The number of phenolic OH excluding ortho intramolecular Hbond substituents is 2. The molecule has 2 aromatic carbocycles. The molecule has 2 aromatic rings. The first-order chi connectivity index (χ1) is 10.2. The second kappa shape index (κ2) is 10.6. The van der Waals surface area contributed by atoms with Crippen molar-refractivity contribution in [1.29, 1.82) is 0 Å². The second-order valence-electron chi connectivity index (χ2n) is 4.74. The van der Waals surface area contributed by atoms with E-state index >= 15 is 0 Å². The quantitative estimate of drug-likeness (QED) is 0.755. The number of ether oxygens (including phenoxy) is 1. The van der Waals surface area contributed by atoms with E-state index in [1.165, 1.54) is 19.3 Å². The molecule has 0 radical (unpaired) electrons. The number of hydrogen-bond donors (Lipinski definition) is 2. The third kappa shape index (κ3) is 8.58. The number of phenols is 2. The number of aromatic hydroxyl groups is 2. The largest absolute Gasteiger partial charge is 0.508 e. The Morgan fingerprint density at radius 3 is 2.10 bits per heavy atom. The molecule has 114 valence electrons. The van der Waals surface area contributed by atoms with E-state index in [-0.39, 0.29) is 5.75 Å². The van der Waals surface area contributed by atoms with Crippen molar-refractivity contribution in [3.63, 3.8) is 0 Å². The molecule has 0 aliphatic heterocycles. The van der Waals surface area contributed by atoms with Gasteiger partial charge < -0.3 is 14.9 Å². The van der Waals surface area contributed by atoms with Crippen LogP contribution in [0.2, 0.25) is 0 Å². The van der Waals surface area contributed by atoms with E-state index in [1.807, 2.05) is 12.1 Å². The minimum absolute atomic E-state index is 0.260. The molecule has 0 aliphatic carbocycles. The van der Waals surface area contributed by atoms with Gasteiger partial charge in [0.25, 0.3) is 0 Å². The highest BCUT2D eigenvalue weighted by atomic mass is 16.5. The summed E-state index contributed by atoms with van der Waals surface area (Å²) in [5, 5.41) is 17.8. The molecule has 0 spiro atoms. The van der Waals surface area contributed by atoms with Gasteiger partial charge in [0, 0.05) is 6.07 Å². The summed E-state index contributed by atoms with van der Waals surface area (Å²) in [5.41, 5.74) is 0. The van der Waals surface area contributed by atoms with Crippen molar-refractivity contribution in [1.82, 2.24) is 0 Å². The zero-order chi connectivity index (χ0) is 15.3. The van der Waals surface area contributed by atoms with Gasteiger partial charge in [-0.25, -0.2) is 0 Å². The average molecular weight is 288 g/mol. The van der Waals surface area contributed by atoms with Gasteiger partial charge in [-0.1, -0.05) is 50.5 Å². The Hall–Kier alpha value is -2.16. The molecular formula is C18H24O3. The van der Waals surface area contributed by atoms with E-state index in [0.717, 1.165) is 18.8 Å². The van der Waals surface area contributed by atoms with Crippen LogP contribution in [0.3, 0.4) is 0 Å². The van der Waals surface area contributed by atoms with Gasteiger partial charge in [-0.15, -0.1) is 0 Å². The van der Waals surface area contributed by atoms with Crippen LogP contribution >= 0.6 is 0 Å². The number of unbranched alkanes of at least 4 members (excludes halogenated alkanes) is 3. The predicted octanol–water partition coefficient (Wildman–Crippen LogP) is 4.74. The first-order valence-corrected chi connectivity index (χ1v) is 7.38. The molecule has 0 saturated carbocycles. The van der Waals surface area contributed by atoms with E-state index in [2.05, 4.69) is 6.92 Å². The van der Waals surface area contributed by atoms with Gasteiger partial charge in [0.05, 0.1) is 6.61 Å². The van der Waals surface area contributed by atoms with Gasteiger partial charge in [0.1, 0.15) is 17.2 Å². The van der Waals surface area contributed by atoms with E-state index in [1.54, 1.807) is 42.5 Å². The third-order valence-corrected chi connectivity index (χ3v) is 2.84. The summed E-state index contributed by atoms with van der Waals surface area (Å²) in [4.78, 5) is 0. The Bertz CT molecular complexity index is 483. The molecule has 3 heteroatoms. The molecule has 0 fully saturated rings. The minimum Gasteiger partial charge on any atom is -0.508 e. The summed E-state index contributed by atoms with van der Waals surface area (Å²) in [7, 11) is 0. The molecule has 0 saturated heterocycles. The first kappa shape index (κ1) is 16.9. The maximum atomic E-state index is 9.17. The van der Waals surface area contributed by atoms with Crippen molar-refractivity contribution >= 4 is 0 Å². The molecular weight excluding hydrogens is 264 g/mol. The number of hydrogen-bond acceptors (Lipinski definition) is 3. The fourth-order valence-corrected chi connectivity index (χ4v) is 1.72. The van der Waals surface area contributed by atoms with Crippen LogP contribution in [0.4, 0.5) is 0 Å². The van der Waals surface area contributed by atoms with Crippen LogP contribution in [0, 0.1) is 0 Å². The Labute approximate surface area is 126 Å². The zero-order valence-corrected chi connectivity index (χ0v) is 12.5. The van der Waals surface area contributed by atoms with Crippen LogP contribution < -0.4 is 4.74 Å². The Morgan fingerprint density at radius 2 is 1.52 bits per heavy atom. The lowest BCUT2D eigenvalue weighted by atomic mass is 10.2. The van der Waals surface area contributed by atoms with Crippen LogP contribution in [0.15, 0.2) is 54.6 Å². The van der Waals surface area contributed by atoms with Crippen molar-refractivity contribution in [3.8, 4) is 17.2 Å². The maximum Gasteiger partial charge on any atom is 0.122 e. The molecule has 3 nitrogen and oxygen atoms in total. The fourth-order valence-electron chi connectivity index (χ4n) is 1.72. The molecule has 2 N–H and O–H groups in total. The zero-order valence-electron chi connectivity index (χ0n) is 12.5. The summed E-state index contributed by atoms with van der Waals surface area (Å²) in [5.74, 6) is 1.33. The van der Waals surface area contributed by atoms with Gasteiger partial charge >= 0.3 is 0 Å². The van der Waals surface area contributed by atoms with Crippen LogP contribution in [-0.2, 0) is 0 Å². The van der Waals surface area contributed by atoms with Gasteiger partial charge in [-0.2, -0.15) is 0 Å². The highest BCUT2D eigenvalue weighted by molar-refractivity contribution is 5.31. The highest BCUT2D eigenvalue weighted by Gasteiger charge is 1.94. The average Bonchev–Trinajstić information content (AvgIpc) is 2.49. The summed E-state index contributed by atoms with van der Waals surface area (Å²) < 4.78 is 5.47. The van der Waals surface area contributed by atoms with Gasteiger partial charge in [0.2, 0.25) is 0 Å². The lowest BCUT2D eigenvalue weighted by molar-refractivity contribution is 0.303. The van der Waals surface area contributed by atoms with Crippen LogP contribution in [-0.4, -0.2) is 16.8 Å². The summed E-state index contributed by atoms with van der Waals surface area (Å²) in [6, 6.07) is 15.6. The SMILES string of the molecule is CCCCCCOc1cccc(O)c1.Oc1ccccc1. The van der Waals surface area contributed by atoms with Crippen LogP contribution in [0.25, 0.3) is 0 Å². The van der Waals surface area contributed by atoms with Crippen LogP contribution in [0.1, 0.15) is 32.6 Å². The van der Waals surface area contributed by atoms with E-state index in [0.29, 0.717) is 5.75 Å². The predicted molar refractivity (Wildman–Crippen MR) is 85.9 cm³/mol. The molecule has 21 heavy (non-hydrogen) atoms. The molecule has 0 aliphatic rings. The summed E-state index contributed by atoms with van der Waals surface area (Å²) in [6.07, 6.45) is 4.81. The summed E-state index contributed by atoms with van der Waals surface area (Å²) in [6.45, 7) is 2.93. The minimum atomic E-state index is 0.260. The third-order valence-electron chi connectivity index (χ3n) is 2.84. The van der Waals surface area contributed by atoms with Gasteiger partial charge in [-0.05, 0) is 30.7 Å². The fraction of sp³-hybridized carbons (Fsp3) is 0.333. The van der Waals surface area contributed by atoms with Crippen LogP contribution in [0.5, 0.6) is 17.2 Å².